The van der Waals surface area contributed by atoms with Crippen molar-refractivity contribution < 1.29 is 68.7 Å². The van der Waals surface area contributed by atoms with Crippen molar-refractivity contribution in [1.29, 1.82) is 0 Å². The molecule has 0 atom stereocenters. The fraction of sp³-hybridized carbons (Fsp3) is 0.400. The molecule has 0 radical (unpaired) electrons. The monoisotopic (exact) mass is 235 g/mol. The van der Waals surface area contributed by atoms with E-state index >= 15 is 0 Å². The second kappa shape index (κ2) is 5.82. The number of hydrogen-bond acceptors (Lipinski definition) is 3. The normalized spacial score (nSPS) is 11.1. The van der Waals surface area contributed by atoms with Gasteiger partial charge >= 0.3 is 58.4 Å². The molecular weight excluding hydrogens is 229 g/mol. The van der Waals surface area contributed by atoms with Crippen LogP contribution in [0.2, 0.25) is 0 Å². The van der Waals surface area contributed by atoms with E-state index in [1.54, 1.807) is 6.92 Å². The molecule has 0 saturated heterocycles. The third-order valence-electron chi connectivity index (χ3n) is 0.994. The van der Waals surface area contributed by atoms with Crippen LogP contribution in [0.25, 0.3) is 0 Å². The number of aryl methyl sites for hydroxylation is 1. The van der Waals surface area contributed by atoms with Crippen molar-refractivity contribution in [1.82, 2.24) is 4.98 Å². The van der Waals surface area contributed by atoms with Crippen molar-refractivity contribution in [2.45, 2.75) is 12.1 Å². The Morgan fingerprint density at radius 3 is 2.54 bits per heavy atom. The molecule has 0 N–H and O–H groups in total. The van der Waals surface area contributed by atoms with Crippen molar-refractivity contribution in [2.24, 2.45) is 0 Å². The second-order valence-electron chi connectivity index (χ2n) is 2.28. The van der Waals surface area contributed by atoms with Crippen molar-refractivity contribution in [3.05, 3.63) is 12.0 Å². The molecule has 1 aromatic heterocycles. The van der Waals surface area contributed by atoms with E-state index in [9.17, 15) is 12.9 Å². The summed E-state index contributed by atoms with van der Waals surface area (Å²) in [6.45, 7) is -3.10. The number of aromatic nitrogens is 1. The fourth-order valence-corrected chi connectivity index (χ4v) is 1.22. The molecule has 0 aliphatic heterocycles. The fourth-order valence-electron chi connectivity index (χ4n) is 0.564. The molecule has 2 nitrogen and oxygen atoms in total. The van der Waals surface area contributed by atoms with Crippen molar-refractivity contribution in [3.8, 4) is 0 Å². The maximum Gasteiger partial charge on any atom is 1.00 e. The van der Waals surface area contributed by atoms with Gasteiger partial charge in [0, 0.05) is 0 Å². The van der Waals surface area contributed by atoms with Crippen LogP contribution in [-0.4, -0.2) is 17.6 Å². The summed E-state index contributed by atoms with van der Waals surface area (Å²) in [5.41, 5.74) is -0.313. The van der Waals surface area contributed by atoms with E-state index in [-0.39, 0.29) is 56.6 Å². The van der Waals surface area contributed by atoms with Gasteiger partial charge in [-0.1, -0.05) is 11.8 Å². The van der Waals surface area contributed by atoms with Gasteiger partial charge in [-0.25, -0.2) is 4.98 Å². The van der Waals surface area contributed by atoms with Gasteiger partial charge in [0.1, 0.15) is 6.26 Å². The molecule has 0 aliphatic carbocycles. The molecule has 68 valence electrons. The predicted octanol–water partition coefficient (Wildman–Crippen LogP) is -0.534. The van der Waals surface area contributed by atoms with E-state index in [0.29, 0.717) is 17.5 Å². The number of rotatable bonds is 3. The van der Waals surface area contributed by atoms with Gasteiger partial charge in [0.25, 0.3) is 5.22 Å². The van der Waals surface area contributed by atoms with Crippen LogP contribution in [0.4, 0.5) is 12.9 Å². The molecule has 0 unspecified atom stereocenters. The molecule has 0 saturated carbocycles. The van der Waals surface area contributed by atoms with Gasteiger partial charge in [-0.3, -0.25) is 0 Å². The zero-order valence-corrected chi connectivity index (χ0v) is 11.2. The maximum atomic E-state index is 11.7. The Kier molecular flexibility index (Phi) is 6.29. The quantitative estimate of drug-likeness (QED) is 0.520. The zero-order chi connectivity index (χ0) is 9.19. The number of oxazole rings is 1. The van der Waals surface area contributed by atoms with E-state index in [4.69, 9.17) is 4.42 Å². The molecule has 0 aliphatic rings. The molecule has 13 heavy (non-hydrogen) atoms. The van der Waals surface area contributed by atoms with Gasteiger partial charge in [-0.05, 0) is 12.6 Å². The number of thioether (sulfide) groups is 1. The van der Waals surface area contributed by atoms with Crippen LogP contribution in [0.5, 0.6) is 0 Å². The topological polar surface area (TPSA) is 26.0 Å². The SMILES string of the molecule is Cc1coc(SC[B-](F)(F)F)n1.[K+]. The summed E-state index contributed by atoms with van der Waals surface area (Å²) in [4.78, 5) is 3.72. The molecule has 0 fully saturated rings. The first-order valence-corrected chi connectivity index (χ1v) is 4.22. The Balaban J connectivity index is 0.00000144. The average Bonchev–Trinajstić information content (AvgIpc) is 2.30. The van der Waals surface area contributed by atoms with Crippen LogP contribution in [0.15, 0.2) is 15.9 Å². The molecule has 8 heteroatoms. The second-order valence-corrected chi connectivity index (χ2v) is 3.25. The third-order valence-corrected chi connectivity index (χ3v) is 1.97. The van der Waals surface area contributed by atoms with Gasteiger partial charge in [-0.2, -0.15) is 0 Å². The van der Waals surface area contributed by atoms with Crippen LogP contribution in [-0.2, 0) is 0 Å². The Hall–Kier alpha value is 1.05. The van der Waals surface area contributed by atoms with Gasteiger partial charge in [0.15, 0.2) is 0 Å². The molecule has 1 heterocycles. The Bertz CT molecular complexity index is 267. The maximum absolute atomic E-state index is 11.7. The molecule has 1 aromatic rings. The smallest absolute Gasteiger partial charge is 0.448 e. The Morgan fingerprint density at radius 2 is 2.15 bits per heavy atom. The van der Waals surface area contributed by atoms with Crippen molar-refractivity contribution in [2.75, 3.05) is 5.65 Å². The van der Waals surface area contributed by atoms with Gasteiger partial charge in [-0.15, -0.1) is 0 Å². The molecule has 0 amide bonds. The Labute approximate surface area is 121 Å². The molecular formula is C5H6BF3KNOS. The van der Waals surface area contributed by atoms with Crippen LogP contribution < -0.4 is 51.4 Å². The van der Waals surface area contributed by atoms with Crippen LogP contribution in [0.3, 0.4) is 0 Å². The number of halogens is 3. The summed E-state index contributed by atoms with van der Waals surface area (Å²) in [5, 5.41) is 0.0756. The summed E-state index contributed by atoms with van der Waals surface area (Å²) < 4.78 is 39.9. The molecule has 1 rings (SSSR count). The first-order valence-electron chi connectivity index (χ1n) is 3.23. The van der Waals surface area contributed by atoms with Crippen molar-refractivity contribution >= 4 is 18.7 Å². The zero-order valence-electron chi connectivity index (χ0n) is 7.26. The van der Waals surface area contributed by atoms with Crippen LogP contribution in [0, 0.1) is 6.92 Å². The first-order chi connectivity index (χ1) is 5.47. The largest absolute Gasteiger partial charge is 1.00 e. The summed E-state index contributed by atoms with van der Waals surface area (Å²) in [7, 11) is 0. The number of hydrogen-bond donors (Lipinski definition) is 0. The van der Waals surface area contributed by atoms with Crippen molar-refractivity contribution in [3.63, 3.8) is 0 Å². The third kappa shape index (κ3) is 6.19. The predicted molar refractivity (Wildman–Crippen MR) is 41.0 cm³/mol. The standard InChI is InChI=1S/C5H6BF3NOS.K/c1-4-2-11-5(10-4)12-3-6(7,8)9;/h2H,3H2,1H3;/q-1;+1. The minimum Gasteiger partial charge on any atom is -0.448 e. The molecule has 0 aromatic carbocycles. The van der Waals surface area contributed by atoms with E-state index < -0.39 is 12.6 Å². The molecule has 0 spiro atoms. The van der Waals surface area contributed by atoms with Gasteiger partial charge < -0.3 is 17.4 Å². The minimum absolute atomic E-state index is 0. The van der Waals surface area contributed by atoms with Gasteiger partial charge in [0.2, 0.25) is 0 Å². The van der Waals surface area contributed by atoms with Crippen LogP contribution in [0.1, 0.15) is 5.69 Å². The van der Waals surface area contributed by atoms with E-state index in [2.05, 4.69) is 4.98 Å². The summed E-state index contributed by atoms with van der Waals surface area (Å²) in [5.74, 6) is 0. The number of nitrogens with zero attached hydrogens (tertiary/aromatic N) is 1. The average molecular weight is 235 g/mol. The summed E-state index contributed by atoms with van der Waals surface area (Å²) in [6.07, 6.45) is 1.33. The van der Waals surface area contributed by atoms with E-state index in [1.165, 1.54) is 6.26 Å². The Morgan fingerprint density at radius 1 is 1.54 bits per heavy atom. The van der Waals surface area contributed by atoms with E-state index in [0.717, 1.165) is 0 Å². The summed E-state index contributed by atoms with van der Waals surface area (Å²) >= 11 is 0.573. The summed E-state index contributed by atoms with van der Waals surface area (Å²) in [6, 6.07) is 0. The van der Waals surface area contributed by atoms with E-state index in [1.807, 2.05) is 0 Å². The van der Waals surface area contributed by atoms with Crippen LogP contribution >= 0.6 is 11.8 Å². The molecule has 0 bridgehead atoms. The first kappa shape index (κ1) is 14.1. The van der Waals surface area contributed by atoms with Gasteiger partial charge in [0.05, 0.1) is 5.69 Å². The minimum atomic E-state index is -4.76.